The van der Waals surface area contributed by atoms with Crippen LogP contribution in [0.2, 0.25) is 0 Å². The molecule has 0 aliphatic rings. The van der Waals surface area contributed by atoms with Crippen molar-refractivity contribution in [1.29, 1.82) is 0 Å². The highest BCUT2D eigenvalue weighted by Crippen LogP contribution is 2.26. The molecule has 0 aromatic carbocycles. The summed E-state index contributed by atoms with van der Waals surface area (Å²) in [5, 5.41) is 0. The third-order valence-electron chi connectivity index (χ3n) is 2.35. The van der Waals surface area contributed by atoms with Gasteiger partial charge in [-0.05, 0) is 30.6 Å². The fourth-order valence-corrected chi connectivity index (χ4v) is 2.09. The second-order valence-corrected chi connectivity index (χ2v) is 5.94. The molecule has 0 bridgehead atoms. The smallest absolute Gasteiger partial charge is 0.0617 e. The quantitative estimate of drug-likeness (QED) is 0.662. The molecule has 2 atom stereocenters. The van der Waals surface area contributed by atoms with Crippen LogP contribution in [0.15, 0.2) is 0 Å². The van der Waals surface area contributed by atoms with Crippen molar-refractivity contribution in [2.24, 2.45) is 17.1 Å². The van der Waals surface area contributed by atoms with E-state index in [9.17, 15) is 0 Å². The molecule has 0 saturated carbocycles. The van der Waals surface area contributed by atoms with Crippen LogP contribution in [-0.2, 0) is 4.74 Å². The zero-order chi connectivity index (χ0) is 11.9. The van der Waals surface area contributed by atoms with Gasteiger partial charge in [-0.1, -0.05) is 34.6 Å². The maximum atomic E-state index is 6.01. The van der Waals surface area contributed by atoms with Crippen molar-refractivity contribution in [3.8, 4) is 0 Å². The fourth-order valence-electron chi connectivity index (χ4n) is 2.09. The van der Waals surface area contributed by atoms with Crippen LogP contribution in [0, 0.1) is 11.3 Å². The van der Waals surface area contributed by atoms with Crippen molar-refractivity contribution in [2.75, 3.05) is 13.2 Å². The summed E-state index contributed by atoms with van der Waals surface area (Å²) in [5.41, 5.74) is 6.42. The van der Waals surface area contributed by atoms with Gasteiger partial charge >= 0.3 is 0 Å². The van der Waals surface area contributed by atoms with Gasteiger partial charge in [-0.25, -0.2) is 0 Å². The van der Waals surface area contributed by atoms with Gasteiger partial charge in [-0.15, -0.1) is 0 Å². The normalized spacial score (nSPS) is 16.4. The Balaban J connectivity index is 3.62. The zero-order valence-electron chi connectivity index (χ0n) is 11.2. The summed E-state index contributed by atoms with van der Waals surface area (Å²) in [7, 11) is 0. The summed E-state index contributed by atoms with van der Waals surface area (Å²) in [6, 6.07) is 0.203. The van der Waals surface area contributed by atoms with Gasteiger partial charge in [0, 0.05) is 12.6 Å². The molecule has 0 rings (SSSR count). The second kappa shape index (κ2) is 7.24. The van der Waals surface area contributed by atoms with Crippen LogP contribution in [0.4, 0.5) is 0 Å². The SMILES string of the molecule is CCCOCC(N)CC(C)CC(C)(C)C. The van der Waals surface area contributed by atoms with E-state index in [4.69, 9.17) is 10.5 Å². The molecule has 92 valence electrons. The molecule has 2 heteroatoms. The highest BCUT2D eigenvalue weighted by Gasteiger charge is 2.17. The van der Waals surface area contributed by atoms with Gasteiger partial charge in [0.25, 0.3) is 0 Å². The lowest BCUT2D eigenvalue weighted by molar-refractivity contribution is 0.113. The van der Waals surface area contributed by atoms with E-state index in [1.807, 2.05) is 0 Å². The van der Waals surface area contributed by atoms with Gasteiger partial charge in [0.1, 0.15) is 0 Å². The Morgan fingerprint density at radius 2 is 1.87 bits per heavy atom. The largest absolute Gasteiger partial charge is 0.380 e. The molecule has 0 amide bonds. The van der Waals surface area contributed by atoms with E-state index >= 15 is 0 Å². The molecule has 0 aromatic heterocycles. The van der Waals surface area contributed by atoms with Crippen LogP contribution in [0.3, 0.4) is 0 Å². The van der Waals surface area contributed by atoms with Crippen LogP contribution in [0.1, 0.15) is 53.9 Å². The van der Waals surface area contributed by atoms with Gasteiger partial charge in [-0.3, -0.25) is 0 Å². The molecule has 2 nitrogen and oxygen atoms in total. The summed E-state index contributed by atoms with van der Waals surface area (Å²) >= 11 is 0. The van der Waals surface area contributed by atoms with Crippen LogP contribution < -0.4 is 5.73 Å². The van der Waals surface area contributed by atoms with E-state index < -0.39 is 0 Å². The third kappa shape index (κ3) is 10.2. The molecule has 0 aliphatic heterocycles. The Labute approximate surface area is 95.6 Å². The number of hydrogen-bond acceptors (Lipinski definition) is 2. The molecule has 0 aliphatic carbocycles. The van der Waals surface area contributed by atoms with E-state index in [1.54, 1.807) is 0 Å². The topological polar surface area (TPSA) is 35.2 Å². The van der Waals surface area contributed by atoms with E-state index in [2.05, 4.69) is 34.6 Å². The highest BCUT2D eigenvalue weighted by atomic mass is 16.5. The predicted molar refractivity (Wildman–Crippen MR) is 66.9 cm³/mol. The van der Waals surface area contributed by atoms with E-state index in [-0.39, 0.29) is 6.04 Å². The Morgan fingerprint density at radius 1 is 1.27 bits per heavy atom. The summed E-state index contributed by atoms with van der Waals surface area (Å²) in [4.78, 5) is 0. The Morgan fingerprint density at radius 3 is 2.33 bits per heavy atom. The standard InChI is InChI=1S/C13H29NO/c1-6-7-15-10-12(14)8-11(2)9-13(3,4)5/h11-12H,6-10,14H2,1-5H3. The molecule has 15 heavy (non-hydrogen) atoms. The summed E-state index contributed by atoms with van der Waals surface area (Å²) < 4.78 is 5.45. The predicted octanol–water partition coefficient (Wildman–Crippen LogP) is 3.20. The van der Waals surface area contributed by atoms with Crippen molar-refractivity contribution in [2.45, 2.75) is 59.9 Å². The minimum atomic E-state index is 0.203. The maximum absolute atomic E-state index is 6.01. The lowest BCUT2D eigenvalue weighted by Crippen LogP contribution is -2.29. The van der Waals surface area contributed by atoms with Crippen LogP contribution in [0.5, 0.6) is 0 Å². The number of hydrogen-bond donors (Lipinski definition) is 1. The maximum Gasteiger partial charge on any atom is 0.0617 e. The van der Waals surface area contributed by atoms with Crippen molar-refractivity contribution in [3.63, 3.8) is 0 Å². The van der Waals surface area contributed by atoms with Crippen LogP contribution in [-0.4, -0.2) is 19.3 Å². The van der Waals surface area contributed by atoms with Gasteiger partial charge in [-0.2, -0.15) is 0 Å². The summed E-state index contributed by atoms with van der Waals surface area (Å²) in [6.45, 7) is 12.8. The van der Waals surface area contributed by atoms with Gasteiger partial charge in [0.05, 0.1) is 6.61 Å². The lowest BCUT2D eigenvalue weighted by Gasteiger charge is -2.25. The van der Waals surface area contributed by atoms with Gasteiger partial charge in [0.2, 0.25) is 0 Å². The Kier molecular flexibility index (Phi) is 7.20. The van der Waals surface area contributed by atoms with Crippen molar-refractivity contribution in [1.82, 2.24) is 0 Å². The molecule has 0 radical (unpaired) electrons. The number of ether oxygens (including phenoxy) is 1. The van der Waals surface area contributed by atoms with Crippen molar-refractivity contribution >= 4 is 0 Å². The average Bonchev–Trinajstić information content (AvgIpc) is 2.00. The highest BCUT2D eigenvalue weighted by molar-refractivity contribution is 4.71. The zero-order valence-corrected chi connectivity index (χ0v) is 11.2. The Bertz CT molecular complexity index is 151. The average molecular weight is 215 g/mol. The van der Waals surface area contributed by atoms with Crippen LogP contribution in [0.25, 0.3) is 0 Å². The molecule has 0 fully saturated rings. The summed E-state index contributed by atoms with van der Waals surface area (Å²) in [5.74, 6) is 0.685. The molecule has 0 aromatic rings. The van der Waals surface area contributed by atoms with E-state index in [0.717, 1.165) is 19.4 Å². The van der Waals surface area contributed by atoms with Crippen molar-refractivity contribution in [3.05, 3.63) is 0 Å². The van der Waals surface area contributed by atoms with E-state index in [0.29, 0.717) is 17.9 Å². The molecular weight excluding hydrogens is 186 g/mol. The molecule has 2 N–H and O–H groups in total. The third-order valence-corrected chi connectivity index (χ3v) is 2.35. The van der Waals surface area contributed by atoms with Crippen molar-refractivity contribution < 1.29 is 4.74 Å². The van der Waals surface area contributed by atoms with Gasteiger partial charge < -0.3 is 10.5 Å². The Hall–Kier alpha value is -0.0800. The minimum absolute atomic E-state index is 0.203. The number of nitrogens with two attached hydrogens (primary N) is 1. The van der Waals surface area contributed by atoms with Gasteiger partial charge in [0.15, 0.2) is 0 Å². The fraction of sp³-hybridized carbons (Fsp3) is 1.00. The summed E-state index contributed by atoms with van der Waals surface area (Å²) in [6.07, 6.45) is 3.37. The first-order valence-corrected chi connectivity index (χ1v) is 6.18. The second-order valence-electron chi connectivity index (χ2n) is 5.94. The lowest BCUT2D eigenvalue weighted by atomic mass is 9.83. The molecule has 0 spiro atoms. The molecule has 2 unspecified atom stereocenters. The monoisotopic (exact) mass is 215 g/mol. The van der Waals surface area contributed by atoms with Crippen LogP contribution >= 0.6 is 0 Å². The minimum Gasteiger partial charge on any atom is -0.380 e. The first-order chi connectivity index (χ1) is 6.85. The molecule has 0 heterocycles. The first kappa shape index (κ1) is 14.9. The molecule has 0 saturated heterocycles. The molecular formula is C13H29NO. The first-order valence-electron chi connectivity index (χ1n) is 6.18. The van der Waals surface area contributed by atoms with E-state index in [1.165, 1.54) is 6.42 Å². The number of rotatable bonds is 7.